The van der Waals surface area contributed by atoms with Crippen molar-refractivity contribution in [2.24, 2.45) is 0 Å². The summed E-state index contributed by atoms with van der Waals surface area (Å²) in [5.74, 6) is -3.14. The average Bonchev–Trinajstić information content (AvgIpc) is 2.22. The minimum Gasteiger partial charge on any atom is -0.550 e. The number of benzene rings is 1. The lowest BCUT2D eigenvalue weighted by molar-refractivity contribution is -0.307. The van der Waals surface area contributed by atoms with Crippen LogP contribution < -0.4 is 10.8 Å². The number of aryl methyl sites for hydroxylation is 1. The first-order valence-electron chi connectivity index (χ1n) is 4.82. The quantitative estimate of drug-likeness (QED) is 0.590. The molecule has 5 N–H and O–H groups in total. The highest BCUT2D eigenvalue weighted by Gasteiger charge is 2.11. The first-order chi connectivity index (χ1) is 7.82. The Balaban J connectivity index is 0.000000302. The normalized spacial score (nSPS) is 11.0. The van der Waals surface area contributed by atoms with Gasteiger partial charge in [0, 0.05) is 12.4 Å². The van der Waals surface area contributed by atoms with Crippen LogP contribution in [0.25, 0.3) is 0 Å². The molecular weight excluding hydrogens is 226 g/mol. The van der Waals surface area contributed by atoms with Gasteiger partial charge in [0.15, 0.2) is 6.10 Å². The molecule has 1 atom stereocenters. The summed E-state index contributed by atoms with van der Waals surface area (Å²) in [6, 6.07) is 8.13. The number of carbonyl (C=O) groups excluding carboxylic acids is 1. The number of carboxylic acid groups (broad SMARTS) is 2. The standard InChI is InChI=1S/C7H9N.C4H6O5/c1-6-2-4-7(8)5-3-6;5-2(4(8)9)1-3(6)7/h2-5H,8H2,1H3;2,5H,1H2,(H,6,7)(H,8,9). The van der Waals surface area contributed by atoms with Crippen LogP contribution in [0.15, 0.2) is 24.3 Å². The van der Waals surface area contributed by atoms with E-state index < -0.39 is 24.5 Å². The molecule has 0 spiro atoms. The summed E-state index contributed by atoms with van der Waals surface area (Å²) in [4.78, 5) is 19.3. The molecule has 0 heterocycles. The summed E-state index contributed by atoms with van der Waals surface area (Å²) < 4.78 is 0. The van der Waals surface area contributed by atoms with Crippen molar-refractivity contribution in [3.8, 4) is 0 Å². The molecule has 0 radical (unpaired) electrons. The summed E-state index contributed by atoms with van der Waals surface area (Å²) in [6.07, 6.45) is -2.72. The molecule has 1 unspecified atom stereocenters. The summed E-state index contributed by atoms with van der Waals surface area (Å²) in [7, 11) is 0. The highest BCUT2D eigenvalue weighted by molar-refractivity contribution is 5.78. The number of rotatable bonds is 3. The molecule has 0 fully saturated rings. The number of carboxylic acids is 2. The molecule has 0 saturated heterocycles. The fourth-order valence-corrected chi connectivity index (χ4v) is 0.833. The van der Waals surface area contributed by atoms with Gasteiger partial charge in [0.05, 0.1) is 0 Å². The zero-order valence-corrected chi connectivity index (χ0v) is 9.42. The van der Waals surface area contributed by atoms with E-state index in [2.05, 4.69) is 24.8 Å². The van der Waals surface area contributed by atoms with Gasteiger partial charge >= 0.3 is 5.97 Å². The van der Waals surface area contributed by atoms with Crippen molar-refractivity contribution in [2.75, 3.05) is 0 Å². The number of hydrogen-bond donors (Lipinski definition) is 3. The minimum absolute atomic E-state index is 0.866. The van der Waals surface area contributed by atoms with Gasteiger partial charge in [-0.05, 0) is 19.1 Å². The second-order valence-electron chi connectivity index (χ2n) is 3.42. The third kappa shape index (κ3) is 7.95. The zero-order valence-electron chi connectivity index (χ0n) is 9.42. The maximum Gasteiger partial charge on any atom is 0.332 e. The molecule has 94 valence electrons. The Kier molecular flexibility index (Phi) is 6.54. The fraction of sp³-hybridized carbons (Fsp3) is 0.273. The summed E-state index contributed by atoms with van der Waals surface area (Å²) in [6.45, 7) is 2.07. The van der Waals surface area contributed by atoms with Crippen LogP contribution in [0.1, 0.15) is 12.0 Å². The van der Waals surface area contributed by atoms with Gasteiger partial charge in [0.2, 0.25) is 0 Å². The maximum atomic E-state index is 9.69. The molecule has 0 bridgehead atoms. The molecule has 1 aromatic carbocycles. The molecule has 0 aliphatic rings. The van der Waals surface area contributed by atoms with E-state index in [9.17, 15) is 14.7 Å². The molecule has 1 rings (SSSR count). The Morgan fingerprint density at radius 2 is 1.82 bits per heavy atom. The topological polar surface area (TPSA) is 125 Å². The van der Waals surface area contributed by atoms with Crippen LogP contribution in [0.2, 0.25) is 0 Å². The number of carbonyl (C=O) groups is 2. The SMILES string of the molecule is Cc1ccc([NH3+])cc1.O=C([O-])CC(O)C(=O)O. The molecule has 0 aliphatic carbocycles. The van der Waals surface area contributed by atoms with E-state index in [-0.39, 0.29) is 0 Å². The van der Waals surface area contributed by atoms with Crippen LogP contribution in [0.4, 0.5) is 5.69 Å². The van der Waals surface area contributed by atoms with Gasteiger partial charge in [0.25, 0.3) is 0 Å². The van der Waals surface area contributed by atoms with Gasteiger partial charge < -0.3 is 25.8 Å². The molecular formula is C11H15NO5. The van der Waals surface area contributed by atoms with Crippen molar-refractivity contribution in [3.63, 3.8) is 0 Å². The summed E-state index contributed by atoms with van der Waals surface area (Å²) in [5.41, 5.74) is 6.13. The number of hydrogen-bond acceptors (Lipinski definition) is 4. The number of quaternary nitrogens is 1. The lowest BCUT2D eigenvalue weighted by Crippen LogP contribution is -2.39. The molecule has 0 amide bonds. The van der Waals surface area contributed by atoms with E-state index in [0.717, 1.165) is 5.69 Å². The molecule has 1 aromatic rings. The van der Waals surface area contributed by atoms with Crippen LogP contribution in [-0.4, -0.2) is 28.3 Å². The van der Waals surface area contributed by atoms with E-state index in [0.29, 0.717) is 0 Å². The van der Waals surface area contributed by atoms with Gasteiger partial charge in [0.1, 0.15) is 5.69 Å². The van der Waals surface area contributed by atoms with Crippen LogP contribution in [0, 0.1) is 6.92 Å². The van der Waals surface area contributed by atoms with E-state index in [4.69, 9.17) is 10.2 Å². The lowest BCUT2D eigenvalue weighted by Gasteiger charge is -2.03. The van der Waals surface area contributed by atoms with Crippen molar-refractivity contribution in [3.05, 3.63) is 29.8 Å². The Labute approximate surface area is 98.3 Å². The lowest BCUT2D eigenvalue weighted by atomic mass is 10.2. The predicted octanol–water partition coefficient (Wildman–Crippen LogP) is -1.56. The molecule has 0 saturated carbocycles. The van der Waals surface area contributed by atoms with Crippen LogP contribution in [-0.2, 0) is 9.59 Å². The molecule has 17 heavy (non-hydrogen) atoms. The van der Waals surface area contributed by atoms with Crippen LogP contribution in [0.3, 0.4) is 0 Å². The smallest absolute Gasteiger partial charge is 0.332 e. The number of aliphatic carboxylic acids is 2. The Hall–Kier alpha value is -1.92. The number of aliphatic hydroxyl groups is 1. The second kappa shape index (κ2) is 7.37. The van der Waals surface area contributed by atoms with Crippen molar-refractivity contribution < 1.29 is 30.6 Å². The molecule has 6 heteroatoms. The third-order valence-corrected chi connectivity index (χ3v) is 1.77. The monoisotopic (exact) mass is 241 g/mol. The Bertz CT molecular complexity index is 353. The second-order valence-corrected chi connectivity index (χ2v) is 3.42. The summed E-state index contributed by atoms with van der Waals surface area (Å²) in [5, 5.41) is 25.7. The zero-order chi connectivity index (χ0) is 13.4. The number of aliphatic hydroxyl groups excluding tert-OH is 1. The van der Waals surface area contributed by atoms with Crippen LogP contribution in [0.5, 0.6) is 0 Å². The van der Waals surface area contributed by atoms with Crippen molar-refractivity contribution >= 4 is 17.6 Å². The largest absolute Gasteiger partial charge is 0.550 e. The Morgan fingerprint density at radius 1 is 1.35 bits per heavy atom. The average molecular weight is 241 g/mol. The molecule has 0 aliphatic heterocycles. The first kappa shape index (κ1) is 15.1. The summed E-state index contributed by atoms with van der Waals surface area (Å²) >= 11 is 0. The van der Waals surface area contributed by atoms with Gasteiger partial charge in [-0.3, -0.25) is 0 Å². The highest BCUT2D eigenvalue weighted by atomic mass is 16.4. The van der Waals surface area contributed by atoms with Crippen LogP contribution >= 0.6 is 0 Å². The minimum atomic E-state index is -1.85. The highest BCUT2D eigenvalue weighted by Crippen LogP contribution is 2.00. The van der Waals surface area contributed by atoms with Gasteiger partial charge in [-0.25, -0.2) is 4.79 Å². The predicted molar refractivity (Wildman–Crippen MR) is 57.0 cm³/mol. The van der Waals surface area contributed by atoms with E-state index >= 15 is 0 Å². The van der Waals surface area contributed by atoms with E-state index in [1.54, 1.807) is 0 Å². The van der Waals surface area contributed by atoms with Gasteiger partial charge in [-0.1, -0.05) is 17.7 Å². The van der Waals surface area contributed by atoms with E-state index in [1.165, 1.54) is 5.56 Å². The van der Waals surface area contributed by atoms with Crippen molar-refractivity contribution in [2.45, 2.75) is 19.4 Å². The Morgan fingerprint density at radius 3 is 2.06 bits per heavy atom. The first-order valence-corrected chi connectivity index (χ1v) is 4.82. The molecule has 6 nitrogen and oxygen atoms in total. The fourth-order valence-electron chi connectivity index (χ4n) is 0.833. The molecule has 0 aromatic heterocycles. The van der Waals surface area contributed by atoms with Crippen molar-refractivity contribution in [1.29, 1.82) is 0 Å². The third-order valence-electron chi connectivity index (χ3n) is 1.77. The van der Waals surface area contributed by atoms with Gasteiger partial charge in [-0.15, -0.1) is 0 Å². The van der Waals surface area contributed by atoms with E-state index in [1.807, 2.05) is 12.1 Å². The maximum absolute atomic E-state index is 9.69. The van der Waals surface area contributed by atoms with Crippen molar-refractivity contribution in [1.82, 2.24) is 0 Å². The van der Waals surface area contributed by atoms with Gasteiger partial charge in [-0.2, -0.15) is 0 Å².